The van der Waals surface area contributed by atoms with Gasteiger partial charge >= 0.3 is 0 Å². The quantitative estimate of drug-likeness (QED) is 0.476. The Hall–Kier alpha value is -3.20. The number of benzene rings is 1. The van der Waals surface area contributed by atoms with Crippen LogP contribution in [0.4, 0.5) is 9.52 Å². The molecule has 0 spiro atoms. The van der Waals surface area contributed by atoms with Crippen LogP contribution in [0.15, 0.2) is 47.1 Å². The fraction of sp³-hybridized carbons (Fsp3) is 0.348. The lowest BCUT2D eigenvalue weighted by Gasteiger charge is -2.31. The number of hydrogen-bond acceptors (Lipinski definition) is 6. The highest BCUT2D eigenvalue weighted by molar-refractivity contribution is 7.22. The summed E-state index contributed by atoms with van der Waals surface area (Å²) in [5, 5.41) is 8.52. The monoisotopic (exact) mass is 453 g/mol. The number of carbonyl (C=O) groups excluding carboxylic acids is 1. The second kappa shape index (κ2) is 8.74. The van der Waals surface area contributed by atoms with Gasteiger partial charge < -0.3 is 14.6 Å². The Morgan fingerprint density at radius 3 is 2.94 bits per heavy atom. The minimum atomic E-state index is -0.283. The van der Waals surface area contributed by atoms with Gasteiger partial charge in [0.1, 0.15) is 11.6 Å². The number of hydrogen-bond donors (Lipinski definition) is 1. The van der Waals surface area contributed by atoms with Gasteiger partial charge in [0.25, 0.3) is 0 Å². The van der Waals surface area contributed by atoms with Crippen LogP contribution in [0.25, 0.3) is 16.0 Å². The standard InChI is InChI=1S/C23H24FN5O2S/c1-15-20-21(29(27-15)18-8-6-17(24)7-9-18)26-23(32-20)28-12-2-4-16(14-28)22(30)25-11-10-19-5-3-13-31-19/h3,5-9,13,16H,2,4,10-12,14H2,1H3,(H,25,30)/t16-/m1/s1. The van der Waals surface area contributed by atoms with E-state index in [1.54, 1.807) is 34.4 Å². The van der Waals surface area contributed by atoms with Gasteiger partial charge in [0, 0.05) is 26.1 Å². The van der Waals surface area contributed by atoms with E-state index in [9.17, 15) is 9.18 Å². The minimum Gasteiger partial charge on any atom is -0.469 e. The number of thiazole rings is 1. The number of nitrogens with one attached hydrogen (secondary N) is 1. The second-order valence-electron chi connectivity index (χ2n) is 8.03. The van der Waals surface area contributed by atoms with Gasteiger partial charge in [-0.3, -0.25) is 4.79 Å². The van der Waals surface area contributed by atoms with Gasteiger partial charge in [0.15, 0.2) is 10.8 Å². The molecule has 166 valence electrons. The van der Waals surface area contributed by atoms with Crippen molar-refractivity contribution >= 4 is 32.7 Å². The maximum atomic E-state index is 13.3. The van der Waals surface area contributed by atoms with E-state index in [-0.39, 0.29) is 17.6 Å². The third-order valence-corrected chi connectivity index (χ3v) is 6.98. The van der Waals surface area contributed by atoms with Crippen LogP contribution in [0.3, 0.4) is 0 Å². The maximum absolute atomic E-state index is 13.3. The Labute approximate surface area is 188 Å². The topological polar surface area (TPSA) is 76.2 Å². The number of carbonyl (C=O) groups is 1. The number of aromatic nitrogens is 3. The average molecular weight is 454 g/mol. The Kier molecular flexibility index (Phi) is 5.65. The summed E-state index contributed by atoms with van der Waals surface area (Å²) in [5.74, 6) is 0.600. The number of aryl methyl sites for hydroxylation is 1. The molecule has 3 aromatic heterocycles. The molecule has 1 aromatic carbocycles. The van der Waals surface area contributed by atoms with Crippen LogP contribution in [0.2, 0.25) is 0 Å². The van der Waals surface area contributed by atoms with E-state index in [1.165, 1.54) is 12.1 Å². The summed E-state index contributed by atoms with van der Waals surface area (Å²) in [6.45, 7) is 4.04. The molecular formula is C23H24FN5O2S. The molecule has 0 unspecified atom stereocenters. The predicted molar refractivity (Wildman–Crippen MR) is 122 cm³/mol. The number of anilines is 1. The molecule has 4 aromatic rings. The van der Waals surface area contributed by atoms with Crippen LogP contribution in [-0.4, -0.2) is 40.3 Å². The smallest absolute Gasteiger partial charge is 0.224 e. The normalized spacial score (nSPS) is 16.6. The summed E-state index contributed by atoms with van der Waals surface area (Å²) in [4.78, 5) is 19.8. The number of furan rings is 1. The molecule has 1 saturated heterocycles. The molecule has 1 atom stereocenters. The Balaban J connectivity index is 1.29. The van der Waals surface area contributed by atoms with Crippen LogP contribution in [0.1, 0.15) is 24.3 Å². The summed E-state index contributed by atoms with van der Waals surface area (Å²) in [6, 6.07) is 10.0. The lowest BCUT2D eigenvalue weighted by molar-refractivity contribution is -0.125. The van der Waals surface area contributed by atoms with Gasteiger partial charge in [-0.25, -0.2) is 9.07 Å². The van der Waals surface area contributed by atoms with Crippen LogP contribution in [0.5, 0.6) is 0 Å². The van der Waals surface area contributed by atoms with Crippen molar-refractivity contribution < 1.29 is 13.6 Å². The van der Waals surface area contributed by atoms with Crippen molar-refractivity contribution in [1.29, 1.82) is 0 Å². The Morgan fingerprint density at radius 1 is 1.31 bits per heavy atom. The van der Waals surface area contributed by atoms with E-state index in [2.05, 4.69) is 15.3 Å². The molecule has 0 aliphatic carbocycles. The first-order valence-corrected chi connectivity index (χ1v) is 11.6. The van der Waals surface area contributed by atoms with Crippen LogP contribution in [-0.2, 0) is 11.2 Å². The maximum Gasteiger partial charge on any atom is 0.224 e. The number of rotatable bonds is 6. The highest BCUT2D eigenvalue weighted by Gasteiger charge is 2.28. The first-order valence-electron chi connectivity index (χ1n) is 10.8. The molecular weight excluding hydrogens is 429 g/mol. The molecule has 0 saturated carbocycles. The van der Waals surface area contributed by atoms with E-state index < -0.39 is 0 Å². The van der Waals surface area contributed by atoms with Gasteiger partial charge in [0.2, 0.25) is 5.91 Å². The summed E-state index contributed by atoms with van der Waals surface area (Å²) in [5.41, 5.74) is 2.42. The lowest BCUT2D eigenvalue weighted by atomic mass is 9.97. The zero-order valence-electron chi connectivity index (χ0n) is 17.8. The van der Waals surface area contributed by atoms with E-state index in [0.29, 0.717) is 19.5 Å². The van der Waals surface area contributed by atoms with Gasteiger partial charge in [0.05, 0.1) is 28.3 Å². The summed E-state index contributed by atoms with van der Waals surface area (Å²) >= 11 is 1.59. The Morgan fingerprint density at radius 2 is 2.16 bits per heavy atom. The molecule has 32 heavy (non-hydrogen) atoms. The van der Waals surface area contributed by atoms with Crippen LogP contribution >= 0.6 is 11.3 Å². The van der Waals surface area contributed by atoms with Crippen molar-refractivity contribution in [1.82, 2.24) is 20.1 Å². The lowest BCUT2D eigenvalue weighted by Crippen LogP contribution is -2.43. The molecule has 0 radical (unpaired) electrons. The van der Waals surface area contributed by atoms with Crippen molar-refractivity contribution in [2.45, 2.75) is 26.2 Å². The molecule has 0 bridgehead atoms. The zero-order chi connectivity index (χ0) is 22.1. The van der Waals surface area contributed by atoms with Crippen LogP contribution < -0.4 is 10.2 Å². The van der Waals surface area contributed by atoms with E-state index in [1.807, 2.05) is 19.1 Å². The molecule has 5 rings (SSSR count). The highest BCUT2D eigenvalue weighted by atomic mass is 32.1. The molecule has 4 heterocycles. The number of nitrogens with zero attached hydrogens (tertiary/aromatic N) is 4. The number of amides is 1. The molecule has 1 aliphatic heterocycles. The summed E-state index contributed by atoms with van der Waals surface area (Å²) in [6.07, 6.45) is 4.14. The predicted octanol–water partition coefficient (Wildman–Crippen LogP) is 4.10. The highest BCUT2D eigenvalue weighted by Crippen LogP contribution is 2.34. The fourth-order valence-electron chi connectivity index (χ4n) is 4.09. The zero-order valence-corrected chi connectivity index (χ0v) is 18.6. The van der Waals surface area contributed by atoms with Crippen molar-refractivity contribution in [3.63, 3.8) is 0 Å². The van der Waals surface area contributed by atoms with Crippen molar-refractivity contribution in [3.05, 3.63) is 59.9 Å². The van der Waals surface area contributed by atoms with Gasteiger partial charge in [-0.1, -0.05) is 11.3 Å². The van der Waals surface area contributed by atoms with Crippen molar-refractivity contribution in [2.24, 2.45) is 5.92 Å². The largest absolute Gasteiger partial charge is 0.469 e. The third kappa shape index (κ3) is 4.12. The van der Waals surface area contributed by atoms with Gasteiger partial charge in [-0.15, -0.1) is 0 Å². The second-order valence-corrected chi connectivity index (χ2v) is 9.01. The third-order valence-electron chi connectivity index (χ3n) is 5.76. The SMILES string of the molecule is Cc1nn(-c2ccc(F)cc2)c2nc(N3CCC[C@@H](C(=O)NCCc4ccco4)C3)sc12. The number of piperidine rings is 1. The molecule has 7 nitrogen and oxygen atoms in total. The van der Waals surface area contributed by atoms with E-state index in [0.717, 1.165) is 52.0 Å². The summed E-state index contributed by atoms with van der Waals surface area (Å²) in [7, 11) is 0. The average Bonchev–Trinajstić information content (AvgIpc) is 3.53. The van der Waals surface area contributed by atoms with Crippen molar-refractivity contribution in [3.8, 4) is 5.69 Å². The molecule has 9 heteroatoms. The molecule has 1 fully saturated rings. The van der Waals surface area contributed by atoms with Gasteiger partial charge in [-0.05, 0) is 56.2 Å². The first kappa shape index (κ1) is 20.7. The van der Waals surface area contributed by atoms with E-state index >= 15 is 0 Å². The first-order chi connectivity index (χ1) is 15.6. The Bertz CT molecular complexity index is 1220. The van der Waals surface area contributed by atoms with Crippen molar-refractivity contribution in [2.75, 3.05) is 24.5 Å². The molecule has 1 amide bonds. The molecule has 1 N–H and O–H groups in total. The molecule has 1 aliphatic rings. The van der Waals surface area contributed by atoms with Crippen LogP contribution in [0, 0.1) is 18.7 Å². The summed E-state index contributed by atoms with van der Waals surface area (Å²) < 4.78 is 21.4. The fourth-order valence-corrected chi connectivity index (χ4v) is 5.12. The van der Waals surface area contributed by atoms with E-state index in [4.69, 9.17) is 9.40 Å². The minimum absolute atomic E-state index is 0.0675. The number of halogens is 1. The number of fused-ring (bicyclic) bond motifs is 1. The van der Waals surface area contributed by atoms with Gasteiger partial charge in [-0.2, -0.15) is 10.1 Å².